The number of rotatable bonds is 11. The largest absolute Gasteiger partial charge is 0.508 e. The van der Waals surface area contributed by atoms with Crippen molar-refractivity contribution in [2.45, 2.75) is 78.6 Å². The van der Waals surface area contributed by atoms with Gasteiger partial charge in [0.05, 0.1) is 33.0 Å². The fourth-order valence-electron chi connectivity index (χ4n) is 5.46. The average molecular weight is 531 g/mol. The first-order valence-electron chi connectivity index (χ1n) is 13.2. The van der Waals surface area contributed by atoms with Crippen molar-refractivity contribution in [2.24, 2.45) is 0 Å². The zero-order valence-corrected chi connectivity index (χ0v) is 24.5. The summed E-state index contributed by atoms with van der Waals surface area (Å²) in [5, 5.41) is 30.3. The van der Waals surface area contributed by atoms with Crippen molar-refractivity contribution in [3.05, 3.63) is 57.6 Å². The number of esters is 1. The molecule has 212 valence electrons. The molecule has 0 aliphatic heterocycles. The van der Waals surface area contributed by atoms with Crippen LogP contribution in [0.3, 0.4) is 0 Å². The van der Waals surface area contributed by atoms with Gasteiger partial charge < -0.3 is 29.5 Å². The Bertz CT molecular complexity index is 1040. The van der Waals surface area contributed by atoms with Crippen molar-refractivity contribution in [1.29, 1.82) is 0 Å². The SMILES string of the molecule is Cc1c(C(C)(C(=O)OCCOCCOCCO)c2ccc(O)c(C(C)(C)C)c2C)ccc(O)c1C(C)(C)C. The first-order chi connectivity index (χ1) is 17.6. The summed E-state index contributed by atoms with van der Waals surface area (Å²) in [6.45, 7) is 19.0. The van der Waals surface area contributed by atoms with E-state index < -0.39 is 11.4 Å². The summed E-state index contributed by atoms with van der Waals surface area (Å²) in [4.78, 5) is 14.0. The number of aromatic hydroxyl groups is 2. The summed E-state index contributed by atoms with van der Waals surface area (Å²) in [5.41, 5.74) is 2.70. The van der Waals surface area contributed by atoms with Gasteiger partial charge in [-0.1, -0.05) is 53.7 Å². The zero-order chi connectivity index (χ0) is 28.9. The van der Waals surface area contributed by atoms with Crippen molar-refractivity contribution >= 4 is 5.97 Å². The summed E-state index contributed by atoms with van der Waals surface area (Å²) in [5.74, 6) is -0.0758. The van der Waals surface area contributed by atoms with Crippen LogP contribution in [-0.2, 0) is 35.3 Å². The predicted molar refractivity (Wildman–Crippen MR) is 149 cm³/mol. The molecular weight excluding hydrogens is 484 g/mol. The molecule has 0 fully saturated rings. The lowest BCUT2D eigenvalue weighted by atomic mass is 9.68. The number of hydrogen-bond acceptors (Lipinski definition) is 7. The van der Waals surface area contributed by atoms with E-state index in [0.717, 1.165) is 33.4 Å². The summed E-state index contributed by atoms with van der Waals surface area (Å²) in [7, 11) is 0. The highest BCUT2D eigenvalue weighted by molar-refractivity contribution is 5.89. The first-order valence-corrected chi connectivity index (χ1v) is 13.2. The number of benzene rings is 2. The van der Waals surface area contributed by atoms with Crippen molar-refractivity contribution in [1.82, 2.24) is 0 Å². The van der Waals surface area contributed by atoms with Gasteiger partial charge in [-0.15, -0.1) is 0 Å². The van der Waals surface area contributed by atoms with E-state index in [9.17, 15) is 15.0 Å². The molecule has 7 nitrogen and oxygen atoms in total. The molecule has 2 aromatic carbocycles. The average Bonchev–Trinajstić information content (AvgIpc) is 2.78. The van der Waals surface area contributed by atoms with Crippen LogP contribution < -0.4 is 0 Å². The Morgan fingerprint density at radius 1 is 0.684 bits per heavy atom. The molecule has 0 saturated carbocycles. The molecule has 0 spiro atoms. The lowest BCUT2D eigenvalue weighted by Crippen LogP contribution is -2.39. The molecule has 2 rings (SSSR count). The smallest absolute Gasteiger partial charge is 0.320 e. The molecule has 0 atom stereocenters. The zero-order valence-electron chi connectivity index (χ0n) is 24.5. The normalized spacial score (nSPS) is 12.6. The highest BCUT2D eigenvalue weighted by Crippen LogP contribution is 2.45. The fourth-order valence-corrected chi connectivity index (χ4v) is 5.46. The quantitative estimate of drug-likeness (QED) is 0.271. The molecule has 0 heterocycles. The van der Waals surface area contributed by atoms with E-state index in [-0.39, 0.29) is 48.8 Å². The highest BCUT2D eigenvalue weighted by Gasteiger charge is 2.43. The van der Waals surface area contributed by atoms with E-state index in [1.54, 1.807) is 24.3 Å². The van der Waals surface area contributed by atoms with E-state index in [0.29, 0.717) is 13.2 Å². The van der Waals surface area contributed by atoms with Gasteiger partial charge in [0.15, 0.2) is 0 Å². The first kappa shape index (κ1) is 31.6. The number of carbonyl (C=O) groups is 1. The van der Waals surface area contributed by atoms with Gasteiger partial charge in [0.2, 0.25) is 0 Å². The molecule has 38 heavy (non-hydrogen) atoms. The fraction of sp³-hybridized carbons (Fsp3) is 0.581. The van der Waals surface area contributed by atoms with E-state index in [4.69, 9.17) is 19.3 Å². The van der Waals surface area contributed by atoms with Crippen molar-refractivity contribution in [2.75, 3.05) is 39.6 Å². The van der Waals surface area contributed by atoms with Gasteiger partial charge in [-0.2, -0.15) is 0 Å². The maximum absolute atomic E-state index is 14.0. The summed E-state index contributed by atoms with van der Waals surface area (Å²) in [6.07, 6.45) is 0. The maximum Gasteiger partial charge on any atom is 0.320 e. The standard InChI is InChI=1S/C31H46O7/c1-20-22(10-12-24(33)26(20)29(3,4)5)31(9,28(35)38-19-18-37-17-16-36-15-14-32)23-11-13-25(34)27(21(23)2)30(6,7)8/h10-13,32-34H,14-19H2,1-9H3. The Hall–Kier alpha value is -2.61. The Kier molecular flexibility index (Phi) is 10.4. The number of ether oxygens (including phenoxy) is 3. The minimum atomic E-state index is -1.22. The Morgan fingerprint density at radius 2 is 1.08 bits per heavy atom. The third-order valence-corrected chi connectivity index (χ3v) is 6.94. The number of carbonyl (C=O) groups excluding carboxylic acids is 1. The second-order valence-corrected chi connectivity index (χ2v) is 12.0. The molecule has 0 aliphatic rings. The van der Waals surface area contributed by atoms with Crippen LogP contribution in [0.4, 0.5) is 0 Å². The summed E-state index contributed by atoms with van der Waals surface area (Å²) in [6, 6.07) is 6.87. The summed E-state index contributed by atoms with van der Waals surface area (Å²) >= 11 is 0. The van der Waals surface area contributed by atoms with Crippen LogP contribution in [0, 0.1) is 13.8 Å². The molecule has 0 unspecified atom stereocenters. The lowest BCUT2D eigenvalue weighted by molar-refractivity contribution is -0.150. The third-order valence-electron chi connectivity index (χ3n) is 6.94. The second-order valence-electron chi connectivity index (χ2n) is 12.0. The Morgan fingerprint density at radius 3 is 1.47 bits per heavy atom. The van der Waals surface area contributed by atoms with E-state index in [1.165, 1.54) is 0 Å². The molecule has 7 heteroatoms. The number of phenols is 2. The summed E-state index contributed by atoms with van der Waals surface area (Å²) < 4.78 is 16.5. The van der Waals surface area contributed by atoms with E-state index in [1.807, 2.05) is 62.3 Å². The molecule has 3 N–H and O–H groups in total. The van der Waals surface area contributed by atoms with Crippen LogP contribution >= 0.6 is 0 Å². The Balaban J connectivity index is 2.58. The minimum Gasteiger partial charge on any atom is -0.508 e. The van der Waals surface area contributed by atoms with Gasteiger partial charge in [-0.25, -0.2) is 0 Å². The van der Waals surface area contributed by atoms with Crippen LogP contribution in [0.15, 0.2) is 24.3 Å². The predicted octanol–water partition coefficient (Wildman–Crippen LogP) is 5.18. The van der Waals surface area contributed by atoms with Crippen LogP contribution in [0.2, 0.25) is 0 Å². The lowest BCUT2D eigenvalue weighted by Gasteiger charge is -2.36. The van der Waals surface area contributed by atoms with Gasteiger partial charge in [0, 0.05) is 11.1 Å². The van der Waals surface area contributed by atoms with Crippen LogP contribution in [-0.4, -0.2) is 60.9 Å². The molecule has 0 aliphatic carbocycles. The van der Waals surface area contributed by atoms with E-state index >= 15 is 0 Å². The Labute approximate surface area is 227 Å². The van der Waals surface area contributed by atoms with Crippen molar-refractivity contribution in [3.63, 3.8) is 0 Å². The van der Waals surface area contributed by atoms with Crippen LogP contribution in [0.1, 0.15) is 81.8 Å². The van der Waals surface area contributed by atoms with Crippen molar-refractivity contribution < 1.29 is 34.3 Å². The number of phenolic OH excluding ortho intramolecular Hbond substituents is 2. The number of aliphatic hydroxyl groups is 1. The van der Waals surface area contributed by atoms with Gasteiger partial charge in [-0.05, 0) is 66.0 Å². The van der Waals surface area contributed by atoms with Crippen LogP contribution in [0.5, 0.6) is 11.5 Å². The molecule has 0 amide bonds. The number of hydrogen-bond donors (Lipinski definition) is 3. The molecular formula is C31H46O7. The van der Waals surface area contributed by atoms with Crippen molar-refractivity contribution in [3.8, 4) is 11.5 Å². The highest BCUT2D eigenvalue weighted by atomic mass is 16.6. The monoisotopic (exact) mass is 530 g/mol. The van der Waals surface area contributed by atoms with Gasteiger partial charge in [0.1, 0.15) is 23.5 Å². The van der Waals surface area contributed by atoms with Crippen LogP contribution in [0.25, 0.3) is 0 Å². The van der Waals surface area contributed by atoms with Gasteiger partial charge in [0.25, 0.3) is 0 Å². The third kappa shape index (κ3) is 6.87. The molecule has 0 aromatic heterocycles. The minimum absolute atomic E-state index is 0.0442. The molecule has 0 radical (unpaired) electrons. The molecule has 0 saturated heterocycles. The van der Waals surface area contributed by atoms with Gasteiger partial charge >= 0.3 is 5.97 Å². The maximum atomic E-state index is 14.0. The molecule has 0 bridgehead atoms. The topological polar surface area (TPSA) is 105 Å². The van der Waals surface area contributed by atoms with E-state index in [2.05, 4.69) is 0 Å². The second kappa shape index (κ2) is 12.5. The number of aliphatic hydroxyl groups excluding tert-OH is 1. The van der Waals surface area contributed by atoms with Gasteiger partial charge in [-0.3, -0.25) is 4.79 Å². The molecule has 2 aromatic rings.